The van der Waals surface area contributed by atoms with Crippen molar-refractivity contribution >= 4 is 32.8 Å². The molecule has 0 aliphatic heterocycles. The van der Waals surface area contributed by atoms with Gasteiger partial charge in [-0.25, -0.2) is 4.98 Å². The predicted molar refractivity (Wildman–Crippen MR) is 199 cm³/mol. The van der Waals surface area contributed by atoms with Crippen molar-refractivity contribution in [2.45, 2.75) is 20.8 Å². The average molecular weight is 825 g/mol. The van der Waals surface area contributed by atoms with E-state index in [-0.39, 0.29) is 20.1 Å². The molecule has 4 aromatic heterocycles. The number of hydrogen-bond acceptors (Lipinski definition) is 4. The summed E-state index contributed by atoms with van der Waals surface area (Å²) < 4.78 is 8.10. The molecule has 5 aromatic carbocycles. The number of aryl methyl sites for hydroxylation is 3. The standard InChI is InChI=1S/C26H15N2O.C18H17N2.Ir/c1-2-7-20-16-28-23(15-17(20)6-1)19-9-5-8-18(14-19)21-12-13-27-26-25(21)22-10-3-4-11-24(22)29-26;1-13-11-14(2)17(15(3)12-13)20-10-9-19-18(20)16-7-5-4-6-8-16;/h1-8,10-16H;4-7,9-12H,1-3H3;/q2*-1;. The van der Waals surface area contributed by atoms with Gasteiger partial charge in [0, 0.05) is 56.0 Å². The number of benzene rings is 5. The van der Waals surface area contributed by atoms with Crippen LogP contribution in [0.4, 0.5) is 0 Å². The Morgan fingerprint density at radius 2 is 1.42 bits per heavy atom. The second kappa shape index (κ2) is 14.0. The van der Waals surface area contributed by atoms with E-state index in [1.807, 2.05) is 85.3 Å². The van der Waals surface area contributed by atoms with Crippen LogP contribution >= 0.6 is 0 Å². The molecule has 1 radical (unpaired) electrons. The molecule has 0 saturated carbocycles. The van der Waals surface area contributed by atoms with Crippen molar-refractivity contribution in [3.8, 4) is 39.5 Å². The van der Waals surface area contributed by atoms with Crippen molar-refractivity contribution in [2.24, 2.45) is 0 Å². The smallest absolute Gasteiger partial charge is 0.227 e. The number of rotatable bonds is 4. The van der Waals surface area contributed by atoms with Crippen molar-refractivity contribution in [2.75, 3.05) is 0 Å². The van der Waals surface area contributed by atoms with Gasteiger partial charge in [-0.1, -0.05) is 71.8 Å². The van der Waals surface area contributed by atoms with E-state index in [0.29, 0.717) is 5.71 Å². The summed E-state index contributed by atoms with van der Waals surface area (Å²) in [6.45, 7) is 6.42. The molecule has 9 aromatic rings. The van der Waals surface area contributed by atoms with Crippen molar-refractivity contribution < 1.29 is 24.5 Å². The Morgan fingerprint density at radius 3 is 2.24 bits per heavy atom. The van der Waals surface area contributed by atoms with Crippen LogP contribution in [0.5, 0.6) is 0 Å². The number of para-hydroxylation sites is 1. The topological polar surface area (TPSA) is 56.7 Å². The van der Waals surface area contributed by atoms with Gasteiger partial charge in [-0.05, 0) is 66.1 Å². The molecule has 0 fully saturated rings. The molecule has 0 unspecified atom stereocenters. The van der Waals surface area contributed by atoms with E-state index in [1.165, 1.54) is 27.8 Å². The van der Waals surface area contributed by atoms with E-state index in [0.717, 1.165) is 55.5 Å². The van der Waals surface area contributed by atoms with Gasteiger partial charge in [-0.15, -0.1) is 65.7 Å². The molecule has 0 aliphatic carbocycles. The number of hydrogen-bond donors (Lipinski definition) is 0. The van der Waals surface area contributed by atoms with Gasteiger partial charge in [0.05, 0.1) is 11.2 Å². The third kappa shape index (κ3) is 6.27. The van der Waals surface area contributed by atoms with Gasteiger partial charge in [-0.3, -0.25) is 4.98 Å². The van der Waals surface area contributed by atoms with Crippen LogP contribution in [0, 0.1) is 32.9 Å². The number of furan rings is 1. The zero-order chi connectivity index (χ0) is 33.3. The van der Waals surface area contributed by atoms with Crippen LogP contribution in [0.1, 0.15) is 16.7 Å². The summed E-state index contributed by atoms with van der Waals surface area (Å²) in [5.74, 6) is 0.931. The summed E-state index contributed by atoms with van der Waals surface area (Å²) in [5.41, 5.74) is 11.6. The zero-order valence-electron chi connectivity index (χ0n) is 27.8. The van der Waals surface area contributed by atoms with Crippen molar-refractivity contribution in [1.82, 2.24) is 19.5 Å². The first-order valence-electron chi connectivity index (χ1n) is 16.3. The molecule has 0 atom stereocenters. The number of imidazole rings is 1. The molecular weight excluding hydrogens is 793 g/mol. The maximum atomic E-state index is 5.95. The first kappa shape index (κ1) is 32.8. The summed E-state index contributed by atoms with van der Waals surface area (Å²) in [6.07, 6.45) is 7.57. The van der Waals surface area contributed by atoms with Gasteiger partial charge < -0.3 is 14.0 Å². The average Bonchev–Trinajstić information content (AvgIpc) is 3.77. The fourth-order valence-corrected chi connectivity index (χ4v) is 6.67. The van der Waals surface area contributed by atoms with Gasteiger partial charge in [0.15, 0.2) is 0 Å². The molecule has 0 amide bonds. The molecule has 6 heteroatoms. The normalized spacial score (nSPS) is 10.9. The Balaban J connectivity index is 0.000000165. The summed E-state index contributed by atoms with van der Waals surface area (Å²) in [4.78, 5) is 13.6. The molecule has 4 heterocycles. The Kier molecular flexibility index (Phi) is 9.23. The largest absolute Gasteiger partial charge is 0.438 e. The van der Waals surface area contributed by atoms with Gasteiger partial charge in [0.25, 0.3) is 0 Å². The van der Waals surface area contributed by atoms with Crippen LogP contribution < -0.4 is 0 Å². The molecule has 0 aliphatic rings. The number of nitrogens with zero attached hydrogens (tertiary/aromatic N) is 4. The maximum Gasteiger partial charge on any atom is 0.227 e. The Hall–Kier alpha value is -5.68. The van der Waals surface area contributed by atoms with Crippen molar-refractivity contribution in [1.29, 1.82) is 0 Å². The Morgan fingerprint density at radius 1 is 0.660 bits per heavy atom. The van der Waals surface area contributed by atoms with Crippen molar-refractivity contribution in [3.63, 3.8) is 0 Å². The summed E-state index contributed by atoms with van der Waals surface area (Å²) in [6, 6.07) is 45.6. The quantitative estimate of drug-likeness (QED) is 0.166. The van der Waals surface area contributed by atoms with Gasteiger partial charge >= 0.3 is 0 Å². The minimum atomic E-state index is 0. The van der Waals surface area contributed by atoms with E-state index in [1.54, 1.807) is 6.20 Å². The molecule has 0 saturated heterocycles. The van der Waals surface area contributed by atoms with Crippen LogP contribution in [-0.4, -0.2) is 19.5 Å². The van der Waals surface area contributed by atoms with E-state index in [9.17, 15) is 0 Å². The number of aromatic nitrogens is 4. The second-order valence-electron chi connectivity index (χ2n) is 12.2. The summed E-state index contributed by atoms with van der Waals surface area (Å²) >= 11 is 0. The molecule has 9 rings (SSSR count). The number of fused-ring (bicyclic) bond motifs is 4. The van der Waals surface area contributed by atoms with E-state index in [4.69, 9.17) is 4.42 Å². The van der Waals surface area contributed by atoms with Gasteiger partial charge in [-0.2, -0.15) is 0 Å². The molecule has 5 nitrogen and oxygen atoms in total. The third-order valence-electron chi connectivity index (χ3n) is 8.77. The van der Waals surface area contributed by atoms with E-state index >= 15 is 0 Å². The first-order valence-corrected chi connectivity index (χ1v) is 16.3. The molecule has 0 bridgehead atoms. The van der Waals surface area contributed by atoms with Gasteiger partial charge in [0.1, 0.15) is 5.58 Å². The maximum absolute atomic E-state index is 5.95. The zero-order valence-corrected chi connectivity index (χ0v) is 30.2. The Labute approximate surface area is 304 Å². The van der Waals surface area contributed by atoms with E-state index in [2.05, 4.69) is 101 Å². The Bertz CT molecular complexity index is 2580. The van der Waals surface area contributed by atoms with Crippen LogP contribution in [-0.2, 0) is 20.1 Å². The molecule has 0 spiro atoms. The molecule has 0 N–H and O–H groups in total. The number of pyridine rings is 2. The SMILES string of the molecule is Cc1cc(C)c(-n2ccnc2-c2[c-]cccc2)c(C)c1.[Ir].[c-]1ccc(-c2ccnc3oc4ccccc4c23)cc1-c1cc2ccccc2cn1. The third-order valence-corrected chi connectivity index (χ3v) is 8.77. The van der Waals surface area contributed by atoms with Crippen LogP contribution in [0.3, 0.4) is 0 Å². The first-order chi connectivity index (χ1) is 24.0. The second-order valence-corrected chi connectivity index (χ2v) is 12.2. The molecular formula is C44H32IrN4O-2. The minimum Gasteiger partial charge on any atom is -0.438 e. The fraction of sp³-hybridized carbons (Fsp3) is 0.0682. The van der Waals surface area contributed by atoms with Gasteiger partial charge in [0.2, 0.25) is 5.71 Å². The predicted octanol–water partition coefficient (Wildman–Crippen LogP) is 10.9. The molecule has 245 valence electrons. The van der Waals surface area contributed by atoms with Crippen LogP contribution in [0.25, 0.3) is 72.3 Å². The van der Waals surface area contributed by atoms with E-state index < -0.39 is 0 Å². The molecule has 50 heavy (non-hydrogen) atoms. The summed E-state index contributed by atoms with van der Waals surface area (Å²) in [7, 11) is 0. The minimum absolute atomic E-state index is 0. The monoisotopic (exact) mass is 825 g/mol. The summed E-state index contributed by atoms with van der Waals surface area (Å²) in [5, 5.41) is 4.41. The van der Waals surface area contributed by atoms with Crippen molar-refractivity contribution in [3.05, 3.63) is 169 Å². The van der Waals surface area contributed by atoms with Crippen LogP contribution in [0.2, 0.25) is 0 Å². The van der Waals surface area contributed by atoms with Crippen LogP contribution in [0.15, 0.2) is 144 Å². The fourth-order valence-electron chi connectivity index (χ4n) is 6.67.